The Labute approximate surface area is 121 Å². The molecule has 3 rings (SSSR count). The van der Waals surface area contributed by atoms with Crippen LogP contribution in [0, 0.1) is 6.92 Å². The van der Waals surface area contributed by atoms with Crippen molar-refractivity contribution in [2.45, 2.75) is 13.0 Å². The second-order valence-corrected chi connectivity index (χ2v) is 5.08. The van der Waals surface area contributed by atoms with Gasteiger partial charge in [-0.1, -0.05) is 23.7 Å². The van der Waals surface area contributed by atoms with Crippen molar-refractivity contribution in [2.75, 3.05) is 0 Å². The van der Waals surface area contributed by atoms with Gasteiger partial charge in [-0.05, 0) is 31.2 Å². The molecule has 4 heteroatoms. The molecular formula is C16H13ClN2O. The fourth-order valence-electron chi connectivity index (χ4n) is 2.20. The third kappa shape index (κ3) is 2.26. The maximum absolute atomic E-state index is 10.5. The zero-order valence-corrected chi connectivity index (χ0v) is 11.7. The fraction of sp³-hybridized carbons (Fsp3) is 0.125. The summed E-state index contributed by atoms with van der Waals surface area (Å²) in [6.07, 6.45) is 2.61. The molecule has 100 valence electrons. The van der Waals surface area contributed by atoms with Gasteiger partial charge < -0.3 is 5.11 Å². The molecule has 0 aliphatic rings. The highest BCUT2D eigenvalue weighted by Gasteiger charge is 2.15. The lowest BCUT2D eigenvalue weighted by Crippen LogP contribution is -2.02. The molecule has 3 nitrogen and oxygen atoms in total. The van der Waals surface area contributed by atoms with Gasteiger partial charge >= 0.3 is 0 Å². The Bertz CT molecular complexity index is 756. The molecule has 0 aliphatic carbocycles. The standard InChI is InChI=1S/C16H13ClN2O/c1-10-4-5-11(9-19-10)16(20)13-6-7-14(17)12-3-2-8-18-15(12)13/h2-9,16,20H,1H3. The van der Waals surface area contributed by atoms with Crippen molar-refractivity contribution in [2.24, 2.45) is 0 Å². The molecule has 0 aliphatic heterocycles. The van der Waals surface area contributed by atoms with Gasteiger partial charge in [0.25, 0.3) is 0 Å². The van der Waals surface area contributed by atoms with E-state index in [-0.39, 0.29) is 0 Å². The van der Waals surface area contributed by atoms with E-state index in [2.05, 4.69) is 9.97 Å². The summed E-state index contributed by atoms with van der Waals surface area (Å²) in [5.74, 6) is 0. The topological polar surface area (TPSA) is 46.0 Å². The van der Waals surface area contributed by atoms with Crippen molar-refractivity contribution in [1.82, 2.24) is 9.97 Å². The summed E-state index contributed by atoms with van der Waals surface area (Å²) < 4.78 is 0. The molecule has 0 amide bonds. The summed E-state index contributed by atoms with van der Waals surface area (Å²) in [5.41, 5.74) is 3.11. The lowest BCUT2D eigenvalue weighted by atomic mass is 10.00. The lowest BCUT2D eigenvalue weighted by Gasteiger charge is -2.14. The molecule has 0 bridgehead atoms. The van der Waals surface area contributed by atoms with Crippen LogP contribution < -0.4 is 0 Å². The van der Waals surface area contributed by atoms with E-state index in [9.17, 15) is 5.11 Å². The van der Waals surface area contributed by atoms with E-state index >= 15 is 0 Å². The summed E-state index contributed by atoms with van der Waals surface area (Å²) in [6, 6.07) is 11.1. The minimum atomic E-state index is -0.766. The van der Waals surface area contributed by atoms with Gasteiger partial charge in [0.1, 0.15) is 6.10 Å². The predicted octanol–water partition coefficient (Wildman–Crippen LogP) is 3.67. The molecule has 3 aromatic rings. The number of aliphatic hydroxyl groups excluding tert-OH is 1. The molecule has 0 spiro atoms. The Morgan fingerprint density at radius 3 is 2.70 bits per heavy atom. The van der Waals surface area contributed by atoms with Gasteiger partial charge in [0.05, 0.1) is 5.52 Å². The third-order valence-electron chi connectivity index (χ3n) is 3.29. The van der Waals surface area contributed by atoms with Crippen molar-refractivity contribution in [3.63, 3.8) is 0 Å². The molecule has 1 N–H and O–H groups in total. The van der Waals surface area contributed by atoms with Crippen molar-refractivity contribution >= 4 is 22.5 Å². The van der Waals surface area contributed by atoms with Crippen LogP contribution in [-0.4, -0.2) is 15.1 Å². The average molecular weight is 285 g/mol. The number of aliphatic hydroxyl groups is 1. The van der Waals surface area contributed by atoms with Crippen molar-refractivity contribution in [1.29, 1.82) is 0 Å². The van der Waals surface area contributed by atoms with Crippen LogP contribution in [0.5, 0.6) is 0 Å². The maximum atomic E-state index is 10.5. The number of aryl methyl sites for hydroxylation is 1. The molecule has 0 fully saturated rings. The number of hydrogen-bond acceptors (Lipinski definition) is 3. The largest absolute Gasteiger partial charge is 0.384 e. The maximum Gasteiger partial charge on any atom is 0.108 e. The first-order valence-electron chi connectivity index (χ1n) is 6.30. The van der Waals surface area contributed by atoms with Gasteiger partial charge in [-0.3, -0.25) is 9.97 Å². The fourth-order valence-corrected chi connectivity index (χ4v) is 2.42. The molecule has 0 saturated carbocycles. The number of pyridine rings is 2. The van der Waals surface area contributed by atoms with Crippen LogP contribution in [0.15, 0.2) is 48.8 Å². The monoisotopic (exact) mass is 284 g/mol. The van der Waals surface area contributed by atoms with E-state index in [0.29, 0.717) is 10.5 Å². The van der Waals surface area contributed by atoms with Crippen molar-refractivity contribution in [3.05, 3.63) is 70.6 Å². The lowest BCUT2D eigenvalue weighted by molar-refractivity contribution is 0.221. The average Bonchev–Trinajstić information content (AvgIpc) is 2.48. The van der Waals surface area contributed by atoms with Crippen molar-refractivity contribution < 1.29 is 5.11 Å². The molecule has 2 aromatic heterocycles. The number of aromatic nitrogens is 2. The van der Waals surface area contributed by atoms with Crippen molar-refractivity contribution in [3.8, 4) is 0 Å². The highest BCUT2D eigenvalue weighted by atomic mass is 35.5. The molecule has 0 saturated heterocycles. The van der Waals surface area contributed by atoms with Crippen LogP contribution in [0.25, 0.3) is 10.9 Å². The molecule has 20 heavy (non-hydrogen) atoms. The highest BCUT2D eigenvalue weighted by molar-refractivity contribution is 6.35. The predicted molar refractivity (Wildman–Crippen MR) is 79.8 cm³/mol. The van der Waals surface area contributed by atoms with Crippen LogP contribution in [0.3, 0.4) is 0 Å². The minimum Gasteiger partial charge on any atom is -0.384 e. The van der Waals surface area contributed by atoms with E-state index in [1.54, 1.807) is 18.5 Å². The normalized spacial score (nSPS) is 12.6. The number of rotatable bonds is 2. The van der Waals surface area contributed by atoms with Gasteiger partial charge in [0, 0.05) is 39.6 Å². The minimum absolute atomic E-state index is 0.631. The third-order valence-corrected chi connectivity index (χ3v) is 3.62. The van der Waals surface area contributed by atoms with E-state index in [1.807, 2.05) is 37.3 Å². The molecule has 1 atom stereocenters. The summed E-state index contributed by atoms with van der Waals surface area (Å²) in [6.45, 7) is 1.91. The van der Waals surface area contributed by atoms with Gasteiger partial charge in [-0.15, -0.1) is 0 Å². The summed E-state index contributed by atoms with van der Waals surface area (Å²) >= 11 is 6.17. The molecular weight excluding hydrogens is 272 g/mol. The van der Waals surface area contributed by atoms with Crippen LogP contribution in [-0.2, 0) is 0 Å². The summed E-state index contributed by atoms with van der Waals surface area (Å²) in [7, 11) is 0. The summed E-state index contributed by atoms with van der Waals surface area (Å²) in [4.78, 5) is 8.56. The first-order chi connectivity index (χ1) is 9.66. The van der Waals surface area contributed by atoms with Crippen LogP contribution in [0.1, 0.15) is 22.9 Å². The molecule has 0 radical (unpaired) electrons. The number of benzene rings is 1. The van der Waals surface area contributed by atoms with Gasteiger partial charge in [0.2, 0.25) is 0 Å². The molecule has 2 heterocycles. The molecule has 1 unspecified atom stereocenters. The van der Waals surface area contributed by atoms with E-state index in [0.717, 1.165) is 22.2 Å². The number of fused-ring (bicyclic) bond motifs is 1. The zero-order valence-electron chi connectivity index (χ0n) is 10.9. The Kier molecular flexibility index (Phi) is 3.38. The quantitative estimate of drug-likeness (QED) is 0.781. The van der Waals surface area contributed by atoms with Gasteiger partial charge in [0.15, 0.2) is 0 Å². The zero-order chi connectivity index (χ0) is 14.1. The van der Waals surface area contributed by atoms with Crippen LogP contribution in [0.2, 0.25) is 5.02 Å². The first kappa shape index (κ1) is 13.0. The number of hydrogen-bond donors (Lipinski definition) is 1. The van der Waals surface area contributed by atoms with Gasteiger partial charge in [-0.2, -0.15) is 0 Å². The SMILES string of the molecule is Cc1ccc(C(O)c2ccc(Cl)c3cccnc23)cn1. The second-order valence-electron chi connectivity index (χ2n) is 4.67. The van der Waals surface area contributed by atoms with E-state index in [1.165, 1.54) is 0 Å². The van der Waals surface area contributed by atoms with Crippen LogP contribution >= 0.6 is 11.6 Å². The Hall–Kier alpha value is -1.97. The Morgan fingerprint density at radius 2 is 1.95 bits per heavy atom. The Morgan fingerprint density at radius 1 is 1.10 bits per heavy atom. The highest BCUT2D eigenvalue weighted by Crippen LogP contribution is 2.31. The van der Waals surface area contributed by atoms with Gasteiger partial charge in [-0.25, -0.2) is 0 Å². The number of halogens is 1. The molecule has 1 aromatic carbocycles. The number of nitrogens with zero attached hydrogens (tertiary/aromatic N) is 2. The van der Waals surface area contributed by atoms with E-state index in [4.69, 9.17) is 11.6 Å². The van der Waals surface area contributed by atoms with Crippen LogP contribution in [0.4, 0.5) is 0 Å². The Balaban J connectivity index is 2.14. The van der Waals surface area contributed by atoms with E-state index < -0.39 is 6.10 Å². The smallest absolute Gasteiger partial charge is 0.108 e. The first-order valence-corrected chi connectivity index (χ1v) is 6.68. The second kappa shape index (κ2) is 5.19. The summed E-state index contributed by atoms with van der Waals surface area (Å²) in [5, 5.41) is 12.0.